The Morgan fingerprint density at radius 2 is 2.18 bits per heavy atom. The Morgan fingerprint density at radius 1 is 1.53 bits per heavy atom. The fraction of sp³-hybridized carbons (Fsp3) is 0.923. The van der Waals surface area contributed by atoms with Crippen LogP contribution in [0, 0.1) is 5.41 Å². The molecule has 0 radical (unpaired) electrons. The molecule has 1 rings (SSSR count). The number of rotatable bonds is 4. The topological polar surface area (TPSA) is 61.4 Å². The van der Waals surface area contributed by atoms with E-state index >= 15 is 0 Å². The third kappa shape index (κ3) is 4.64. The first-order valence-electron chi connectivity index (χ1n) is 6.44. The van der Waals surface area contributed by atoms with E-state index in [4.69, 9.17) is 0 Å². The summed E-state index contributed by atoms with van der Waals surface area (Å²) in [5, 5.41) is 15.9. The van der Waals surface area contributed by atoms with E-state index < -0.39 is 11.6 Å². The zero-order valence-corrected chi connectivity index (χ0v) is 11.5. The van der Waals surface area contributed by atoms with Crippen LogP contribution in [0.15, 0.2) is 0 Å². The average Bonchev–Trinajstić information content (AvgIpc) is 2.60. The fourth-order valence-corrected chi connectivity index (χ4v) is 2.27. The molecule has 0 aromatic heterocycles. The van der Waals surface area contributed by atoms with Crippen LogP contribution in [0.5, 0.6) is 0 Å². The van der Waals surface area contributed by atoms with Crippen molar-refractivity contribution in [2.75, 3.05) is 13.1 Å². The summed E-state index contributed by atoms with van der Waals surface area (Å²) in [6.07, 6.45) is 2.13. The van der Waals surface area contributed by atoms with Crippen molar-refractivity contribution in [1.29, 1.82) is 0 Å². The van der Waals surface area contributed by atoms with E-state index in [0.717, 1.165) is 19.4 Å². The minimum atomic E-state index is -0.469. The summed E-state index contributed by atoms with van der Waals surface area (Å²) >= 11 is 0. The van der Waals surface area contributed by atoms with Crippen LogP contribution in [-0.2, 0) is 4.79 Å². The monoisotopic (exact) mass is 242 g/mol. The van der Waals surface area contributed by atoms with E-state index in [-0.39, 0.29) is 11.3 Å². The Bertz CT molecular complexity index is 265. The molecule has 1 aliphatic heterocycles. The number of hydrogen-bond donors (Lipinski definition) is 3. The summed E-state index contributed by atoms with van der Waals surface area (Å²) in [5.41, 5.74) is -0.360. The highest BCUT2D eigenvalue weighted by Gasteiger charge is 2.35. The van der Waals surface area contributed by atoms with Gasteiger partial charge in [-0.1, -0.05) is 20.8 Å². The van der Waals surface area contributed by atoms with Gasteiger partial charge in [-0.05, 0) is 38.1 Å². The van der Waals surface area contributed by atoms with Crippen molar-refractivity contribution in [3.8, 4) is 0 Å². The fourth-order valence-electron chi connectivity index (χ4n) is 2.27. The van der Waals surface area contributed by atoms with Crippen LogP contribution in [0.1, 0.15) is 47.0 Å². The molecule has 4 heteroatoms. The summed E-state index contributed by atoms with van der Waals surface area (Å²) < 4.78 is 0. The van der Waals surface area contributed by atoms with E-state index in [2.05, 4.69) is 31.4 Å². The molecule has 17 heavy (non-hydrogen) atoms. The Labute approximate surface area is 104 Å². The molecule has 1 aliphatic rings. The SMILES string of the molecule is CC(C)(C)CC(O)CNC(=O)C1(C)CCCN1. The number of aliphatic hydroxyl groups is 1. The maximum absolute atomic E-state index is 12.0. The zero-order chi connectivity index (χ0) is 13.1. The second-order valence-corrected chi connectivity index (χ2v) is 6.49. The Morgan fingerprint density at radius 3 is 2.65 bits per heavy atom. The van der Waals surface area contributed by atoms with Crippen molar-refractivity contribution >= 4 is 5.91 Å². The number of carbonyl (C=O) groups is 1. The summed E-state index contributed by atoms with van der Waals surface area (Å²) in [6.45, 7) is 9.40. The second kappa shape index (κ2) is 5.36. The highest BCUT2D eigenvalue weighted by Crippen LogP contribution is 2.21. The molecule has 0 aliphatic carbocycles. The number of nitrogens with one attached hydrogen (secondary N) is 2. The minimum Gasteiger partial charge on any atom is -0.391 e. The number of carbonyl (C=O) groups excluding carboxylic acids is 1. The van der Waals surface area contributed by atoms with E-state index in [1.54, 1.807) is 0 Å². The van der Waals surface area contributed by atoms with Crippen LogP contribution in [0.25, 0.3) is 0 Å². The van der Waals surface area contributed by atoms with Crippen LogP contribution in [-0.4, -0.2) is 35.7 Å². The molecule has 0 aromatic rings. The predicted molar refractivity (Wildman–Crippen MR) is 68.7 cm³/mol. The summed E-state index contributed by atoms with van der Waals surface area (Å²) in [7, 11) is 0. The Kier molecular flexibility index (Phi) is 4.55. The van der Waals surface area contributed by atoms with Crippen LogP contribution in [0.3, 0.4) is 0 Å². The lowest BCUT2D eigenvalue weighted by Gasteiger charge is -2.26. The van der Waals surface area contributed by atoms with Crippen molar-refractivity contribution in [3.63, 3.8) is 0 Å². The third-order valence-corrected chi connectivity index (χ3v) is 3.22. The molecule has 2 unspecified atom stereocenters. The van der Waals surface area contributed by atoms with Gasteiger partial charge in [0.15, 0.2) is 0 Å². The molecule has 0 aromatic carbocycles. The molecule has 1 amide bonds. The van der Waals surface area contributed by atoms with Gasteiger partial charge < -0.3 is 15.7 Å². The van der Waals surface area contributed by atoms with E-state index in [1.165, 1.54) is 0 Å². The maximum Gasteiger partial charge on any atom is 0.240 e. The third-order valence-electron chi connectivity index (χ3n) is 3.22. The van der Waals surface area contributed by atoms with Gasteiger partial charge in [0.25, 0.3) is 0 Å². The predicted octanol–water partition coefficient (Wildman–Crippen LogP) is 1.04. The second-order valence-electron chi connectivity index (χ2n) is 6.49. The highest BCUT2D eigenvalue weighted by atomic mass is 16.3. The molecular weight excluding hydrogens is 216 g/mol. The lowest BCUT2D eigenvalue weighted by atomic mass is 9.89. The number of aliphatic hydroxyl groups excluding tert-OH is 1. The van der Waals surface area contributed by atoms with Gasteiger partial charge in [0.05, 0.1) is 11.6 Å². The van der Waals surface area contributed by atoms with E-state index in [1.807, 2.05) is 6.92 Å². The molecule has 0 spiro atoms. The molecular formula is C13H26N2O2. The molecule has 3 N–H and O–H groups in total. The van der Waals surface area contributed by atoms with Crippen molar-refractivity contribution < 1.29 is 9.90 Å². The summed E-state index contributed by atoms with van der Waals surface area (Å²) in [6, 6.07) is 0. The quantitative estimate of drug-likeness (QED) is 0.690. The molecule has 1 fully saturated rings. The zero-order valence-electron chi connectivity index (χ0n) is 11.5. The molecule has 4 nitrogen and oxygen atoms in total. The molecule has 0 bridgehead atoms. The van der Waals surface area contributed by atoms with Crippen molar-refractivity contribution in [1.82, 2.24) is 10.6 Å². The average molecular weight is 242 g/mol. The smallest absolute Gasteiger partial charge is 0.240 e. The Balaban J connectivity index is 2.33. The van der Waals surface area contributed by atoms with E-state index in [0.29, 0.717) is 13.0 Å². The lowest BCUT2D eigenvalue weighted by Crippen LogP contribution is -2.52. The number of hydrogen-bond acceptors (Lipinski definition) is 3. The first-order valence-corrected chi connectivity index (χ1v) is 6.44. The minimum absolute atomic E-state index is 0.00274. The molecule has 100 valence electrons. The maximum atomic E-state index is 12.0. The van der Waals surface area contributed by atoms with Gasteiger partial charge in [-0.25, -0.2) is 0 Å². The summed E-state index contributed by atoms with van der Waals surface area (Å²) in [5.74, 6) is 0.00274. The van der Waals surface area contributed by atoms with Gasteiger partial charge in [0.2, 0.25) is 5.91 Å². The van der Waals surface area contributed by atoms with Crippen molar-refractivity contribution in [2.45, 2.75) is 58.6 Å². The first kappa shape index (κ1) is 14.5. The Hall–Kier alpha value is -0.610. The molecule has 0 saturated carbocycles. The molecule has 1 saturated heterocycles. The largest absolute Gasteiger partial charge is 0.391 e. The molecule has 2 atom stereocenters. The van der Waals surface area contributed by atoms with Crippen LogP contribution >= 0.6 is 0 Å². The van der Waals surface area contributed by atoms with E-state index in [9.17, 15) is 9.90 Å². The van der Waals surface area contributed by atoms with Gasteiger partial charge >= 0.3 is 0 Å². The van der Waals surface area contributed by atoms with Crippen LogP contribution in [0.4, 0.5) is 0 Å². The van der Waals surface area contributed by atoms with Gasteiger partial charge in [0, 0.05) is 6.54 Å². The van der Waals surface area contributed by atoms with Crippen molar-refractivity contribution in [3.05, 3.63) is 0 Å². The van der Waals surface area contributed by atoms with Gasteiger partial charge in [-0.2, -0.15) is 0 Å². The van der Waals surface area contributed by atoms with Gasteiger partial charge in [0.1, 0.15) is 0 Å². The normalized spacial score (nSPS) is 26.9. The van der Waals surface area contributed by atoms with Gasteiger partial charge in [-0.15, -0.1) is 0 Å². The highest BCUT2D eigenvalue weighted by molar-refractivity contribution is 5.86. The van der Waals surface area contributed by atoms with Gasteiger partial charge in [-0.3, -0.25) is 4.79 Å². The van der Waals surface area contributed by atoms with Crippen LogP contribution < -0.4 is 10.6 Å². The van der Waals surface area contributed by atoms with Crippen LogP contribution in [0.2, 0.25) is 0 Å². The lowest BCUT2D eigenvalue weighted by molar-refractivity contribution is -0.127. The standard InChI is InChI=1S/C13H26N2O2/c1-12(2,3)8-10(16)9-14-11(17)13(4)6-5-7-15-13/h10,15-16H,5-9H2,1-4H3,(H,14,17). The van der Waals surface area contributed by atoms with Crippen molar-refractivity contribution in [2.24, 2.45) is 5.41 Å². The molecule has 1 heterocycles. The first-order chi connectivity index (χ1) is 7.73. The number of amides is 1. The summed E-state index contributed by atoms with van der Waals surface area (Å²) in [4.78, 5) is 12.0.